The lowest BCUT2D eigenvalue weighted by Crippen LogP contribution is -2.23. The fraction of sp³-hybridized carbons (Fsp3) is 0.333. The molecule has 0 saturated heterocycles. The maximum Gasteiger partial charge on any atom is 0.100 e. The lowest BCUT2D eigenvalue weighted by molar-refractivity contribution is -0.00466. The van der Waals surface area contributed by atoms with Crippen molar-refractivity contribution in [1.82, 2.24) is 5.48 Å². The normalized spacial score (nSPS) is 11.2. The number of ether oxygens (including phenoxy) is 1. The third-order valence-electron chi connectivity index (χ3n) is 2.25. The number of hydroxylamine groups is 1. The van der Waals surface area contributed by atoms with Gasteiger partial charge in [-0.05, 0) is 22.9 Å². The monoisotopic (exact) mass is 269 g/mol. The average molecular weight is 269 g/mol. The Morgan fingerprint density at radius 1 is 1.12 bits per heavy atom. The lowest BCUT2D eigenvalue weighted by Gasteiger charge is -2.15. The Morgan fingerprint density at radius 3 is 2.24 bits per heavy atom. The molecule has 0 saturated carbocycles. The van der Waals surface area contributed by atoms with E-state index in [2.05, 4.69) is 40.5 Å². The molecule has 2 rings (SSSR count). The molecule has 0 unspecified atom stereocenters. The van der Waals surface area contributed by atoms with Gasteiger partial charge in [0.1, 0.15) is 6.04 Å². The van der Waals surface area contributed by atoms with Gasteiger partial charge in [0.05, 0.1) is 13.2 Å². The van der Waals surface area contributed by atoms with Gasteiger partial charge in [-0.1, -0.05) is 12.1 Å². The van der Waals surface area contributed by atoms with Crippen molar-refractivity contribution < 1.29 is 9.57 Å². The van der Waals surface area contributed by atoms with E-state index in [0.29, 0.717) is 13.2 Å². The van der Waals surface area contributed by atoms with Gasteiger partial charge < -0.3 is 4.74 Å². The van der Waals surface area contributed by atoms with E-state index in [4.69, 9.17) is 9.57 Å². The van der Waals surface area contributed by atoms with Gasteiger partial charge in [-0.3, -0.25) is 4.84 Å². The molecule has 2 heterocycles. The van der Waals surface area contributed by atoms with Crippen LogP contribution in [0.4, 0.5) is 0 Å². The van der Waals surface area contributed by atoms with Crippen molar-refractivity contribution in [2.45, 2.75) is 6.04 Å². The molecule has 0 atom stereocenters. The van der Waals surface area contributed by atoms with E-state index in [1.165, 1.54) is 9.75 Å². The largest absolute Gasteiger partial charge is 0.382 e. The maximum atomic E-state index is 5.42. The summed E-state index contributed by atoms with van der Waals surface area (Å²) in [5.41, 5.74) is 3.10. The van der Waals surface area contributed by atoms with Gasteiger partial charge in [0.15, 0.2) is 0 Å². The Balaban J connectivity index is 1.99. The summed E-state index contributed by atoms with van der Waals surface area (Å²) in [6.07, 6.45) is 0. The molecule has 5 heteroatoms. The molecule has 92 valence electrons. The van der Waals surface area contributed by atoms with E-state index in [9.17, 15) is 0 Å². The van der Waals surface area contributed by atoms with Gasteiger partial charge in [0, 0.05) is 16.9 Å². The summed E-state index contributed by atoms with van der Waals surface area (Å²) in [5, 5.41) is 4.15. The predicted octanol–water partition coefficient (Wildman–Crippen LogP) is 3.07. The van der Waals surface area contributed by atoms with Crippen LogP contribution in [0.25, 0.3) is 0 Å². The molecule has 0 bridgehead atoms. The Kier molecular flexibility index (Phi) is 5.15. The predicted molar refractivity (Wildman–Crippen MR) is 71.4 cm³/mol. The summed E-state index contributed by atoms with van der Waals surface area (Å²) in [6, 6.07) is 8.45. The van der Waals surface area contributed by atoms with Gasteiger partial charge in [0.25, 0.3) is 0 Å². The molecule has 0 fully saturated rings. The SMILES string of the molecule is COCCONC(c1cccs1)c1cccs1. The molecular formula is C12H15NO2S2. The molecule has 0 spiro atoms. The first-order chi connectivity index (χ1) is 8.42. The van der Waals surface area contributed by atoms with Gasteiger partial charge in [-0.25, -0.2) is 0 Å². The molecule has 2 aromatic rings. The highest BCUT2D eigenvalue weighted by Gasteiger charge is 2.15. The minimum absolute atomic E-state index is 0.117. The van der Waals surface area contributed by atoms with Gasteiger partial charge in [-0.15, -0.1) is 22.7 Å². The number of methoxy groups -OCH3 is 1. The highest BCUT2D eigenvalue weighted by atomic mass is 32.1. The molecule has 0 aliphatic carbocycles. The second-order valence-corrected chi connectivity index (χ2v) is 5.38. The van der Waals surface area contributed by atoms with Gasteiger partial charge >= 0.3 is 0 Å². The van der Waals surface area contributed by atoms with Crippen molar-refractivity contribution in [3.63, 3.8) is 0 Å². The first-order valence-corrected chi connectivity index (χ1v) is 7.11. The Hall–Kier alpha value is -0.720. The first-order valence-electron chi connectivity index (χ1n) is 5.35. The smallest absolute Gasteiger partial charge is 0.100 e. The van der Waals surface area contributed by atoms with E-state index in [-0.39, 0.29) is 6.04 Å². The van der Waals surface area contributed by atoms with Crippen LogP contribution < -0.4 is 5.48 Å². The van der Waals surface area contributed by atoms with Crippen molar-refractivity contribution in [2.75, 3.05) is 20.3 Å². The van der Waals surface area contributed by atoms with Crippen LogP contribution >= 0.6 is 22.7 Å². The van der Waals surface area contributed by atoms with Crippen LogP contribution in [0.15, 0.2) is 35.0 Å². The molecule has 0 radical (unpaired) electrons. The van der Waals surface area contributed by atoms with E-state index in [0.717, 1.165) is 0 Å². The van der Waals surface area contributed by atoms with Crippen molar-refractivity contribution in [1.29, 1.82) is 0 Å². The van der Waals surface area contributed by atoms with Crippen molar-refractivity contribution >= 4 is 22.7 Å². The van der Waals surface area contributed by atoms with Crippen LogP contribution in [-0.2, 0) is 9.57 Å². The average Bonchev–Trinajstić information content (AvgIpc) is 3.02. The van der Waals surface area contributed by atoms with E-state index >= 15 is 0 Å². The zero-order valence-electron chi connectivity index (χ0n) is 9.59. The third kappa shape index (κ3) is 3.62. The second-order valence-electron chi connectivity index (χ2n) is 3.42. The summed E-state index contributed by atoms with van der Waals surface area (Å²) in [4.78, 5) is 7.93. The van der Waals surface area contributed by atoms with Crippen LogP contribution in [0, 0.1) is 0 Å². The zero-order valence-corrected chi connectivity index (χ0v) is 11.2. The fourth-order valence-electron chi connectivity index (χ4n) is 1.43. The third-order valence-corrected chi connectivity index (χ3v) is 4.12. The molecule has 0 amide bonds. The van der Waals surface area contributed by atoms with Crippen LogP contribution in [0.2, 0.25) is 0 Å². The Bertz CT molecular complexity index is 366. The van der Waals surface area contributed by atoms with Crippen LogP contribution in [0.3, 0.4) is 0 Å². The lowest BCUT2D eigenvalue weighted by atomic mass is 10.2. The molecule has 1 N–H and O–H groups in total. The summed E-state index contributed by atoms with van der Waals surface area (Å²) < 4.78 is 4.95. The van der Waals surface area contributed by atoms with Gasteiger partial charge in [0.2, 0.25) is 0 Å². The van der Waals surface area contributed by atoms with Gasteiger partial charge in [-0.2, -0.15) is 5.48 Å². The highest BCUT2D eigenvalue weighted by molar-refractivity contribution is 7.11. The van der Waals surface area contributed by atoms with E-state index < -0.39 is 0 Å². The number of hydrogen-bond donors (Lipinski definition) is 1. The molecule has 0 aliphatic heterocycles. The summed E-state index contributed by atoms with van der Waals surface area (Å²) >= 11 is 3.45. The van der Waals surface area contributed by atoms with Crippen molar-refractivity contribution in [3.05, 3.63) is 44.8 Å². The van der Waals surface area contributed by atoms with E-state index in [1.54, 1.807) is 29.8 Å². The number of thiophene rings is 2. The Morgan fingerprint density at radius 2 is 1.76 bits per heavy atom. The topological polar surface area (TPSA) is 30.5 Å². The molecule has 0 aromatic carbocycles. The maximum absolute atomic E-state index is 5.42. The standard InChI is InChI=1S/C12H15NO2S2/c1-14-6-7-15-13-12(10-4-2-8-16-10)11-5-3-9-17-11/h2-5,8-9,12-13H,6-7H2,1H3. The zero-order chi connectivity index (χ0) is 11.9. The molecule has 2 aromatic heterocycles. The van der Waals surface area contributed by atoms with Crippen LogP contribution in [0.1, 0.15) is 15.8 Å². The quantitative estimate of drug-likeness (QED) is 0.619. The van der Waals surface area contributed by atoms with Crippen LogP contribution in [-0.4, -0.2) is 20.3 Å². The molecule has 17 heavy (non-hydrogen) atoms. The van der Waals surface area contributed by atoms with E-state index in [1.807, 2.05) is 0 Å². The minimum Gasteiger partial charge on any atom is -0.382 e. The fourth-order valence-corrected chi connectivity index (χ4v) is 3.07. The summed E-state index contributed by atoms with van der Waals surface area (Å²) in [6.45, 7) is 1.14. The summed E-state index contributed by atoms with van der Waals surface area (Å²) in [7, 11) is 1.67. The number of nitrogens with one attached hydrogen (secondary N) is 1. The number of rotatable bonds is 7. The first kappa shape index (κ1) is 12.7. The Labute approximate surface area is 109 Å². The highest BCUT2D eigenvalue weighted by Crippen LogP contribution is 2.28. The summed E-state index contributed by atoms with van der Waals surface area (Å²) in [5.74, 6) is 0. The van der Waals surface area contributed by atoms with Crippen LogP contribution in [0.5, 0.6) is 0 Å². The second kappa shape index (κ2) is 6.88. The van der Waals surface area contributed by atoms with Crippen molar-refractivity contribution in [3.8, 4) is 0 Å². The molecule has 0 aliphatic rings. The molecule has 3 nitrogen and oxygen atoms in total. The number of hydrogen-bond acceptors (Lipinski definition) is 5. The minimum atomic E-state index is 0.117. The van der Waals surface area contributed by atoms with Crippen molar-refractivity contribution in [2.24, 2.45) is 0 Å². The molecular weight excluding hydrogens is 254 g/mol.